The summed E-state index contributed by atoms with van der Waals surface area (Å²) in [5.41, 5.74) is 0.246. The molecule has 5 nitrogen and oxygen atoms in total. The van der Waals surface area contributed by atoms with Crippen LogP contribution in [0.5, 0.6) is 11.5 Å². The second-order valence-electron chi connectivity index (χ2n) is 6.65. The van der Waals surface area contributed by atoms with Gasteiger partial charge < -0.3 is 9.47 Å². The van der Waals surface area contributed by atoms with Gasteiger partial charge in [0.15, 0.2) is 11.5 Å². The van der Waals surface area contributed by atoms with Gasteiger partial charge in [-0.05, 0) is 48.0 Å². The normalized spacial score (nSPS) is 11.2. The van der Waals surface area contributed by atoms with Gasteiger partial charge in [0.25, 0.3) is 10.0 Å². The molecule has 168 valence electrons. The van der Waals surface area contributed by atoms with Crippen molar-refractivity contribution in [2.75, 3.05) is 18.5 Å². The Bertz CT molecular complexity index is 1240. The van der Waals surface area contributed by atoms with E-state index < -0.39 is 21.7 Å². The Labute approximate surface area is 190 Å². The molecule has 0 N–H and O–H groups in total. The lowest BCUT2D eigenvalue weighted by Gasteiger charge is -2.24. The minimum atomic E-state index is -4.16. The Balaban J connectivity index is 2.12. The lowest BCUT2D eigenvalue weighted by molar-refractivity contribution is 0.354. The van der Waals surface area contributed by atoms with Crippen LogP contribution in [-0.4, -0.2) is 22.6 Å². The second-order valence-corrected chi connectivity index (χ2v) is 8.90. The molecule has 0 atom stereocenters. The summed E-state index contributed by atoms with van der Waals surface area (Å²) in [7, 11) is -1.34. The molecule has 0 aromatic heterocycles. The minimum Gasteiger partial charge on any atom is -0.493 e. The molecule has 3 aromatic carbocycles. The highest BCUT2D eigenvalue weighted by Crippen LogP contribution is 2.35. The third kappa shape index (κ3) is 4.56. The predicted molar refractivity (Wildman–Crippen MR) is 120 cm³/mol. The first-order chi connectivity index (χ1) is 15.2. The zero-order chi connectivity index (χ0) is 23.5. The predicted octanol–water partition coefficient (Wildman–Crippen LogP) is 5.57. The molecule has 32 heavy (non-hydrogen) atoms. The van der Waals surface area contributed by atoms with Crippen molar-refractivity contribution in [2.24, 2.45) is 0 Å². The van der Waals surface area contributed by atoms with Crippen molar-refractivity contribution in [3.63, 3.8) is 0 Å². The average molecular weight is 480 g/mol. The number of nitrogens with zero attached hydrogens (tertiary/aromatic N) is 1. The summed E-state index contributed by atoms with van der Waals surface area (Å²) in [6, 6.07) is 12.1. The van der Waals surface area contributed by atoms with Crippen molar-refractivity contribution in [3.05, 3.63) is 95.2 Å². The van der Waals surface area contributed by atoms with Crippen LogP contribution in [0.15, 0.2) is 72.3 Å². The lowest BCUT2D eigenvalue weighted by atomic mass is 10.0. The van der Waals surface area contributed by atoms with Gasteiger partial charge in [-0.3, -0.25) is 0 Å². The van der Waals surface area contributed by atoms with E-state index in [1.165, 1.54) is 56.7 Å². The summed E-state index contributed by atoms with van der Waals surface area (Å²) >= 11 is 6.10. The van der Waals surface area contributed by atoms with E-state index in [0.717, 1.165) is 22.6 Å². The van der Waals surface area contributed by atoms with Gasteiger partial charge in [-0.2, -0.15) is 0 Å². The Kier molecular flexibility index (Phi) is 7.06. The highest BCUT2D eigenvalue weighted by molar-refractivity contribution is 7.93. The van der Waals surface area contributed by atoms with Crippen LogP contribution in [0.1, 0.15) is 11.1 Å². The van der Waals surface area contributed by atoms with Crippen molar-refractivity contribution in [3.8, 4) is 11.5 Å². The lowest BCUT2D eigenvalue weighted by Crippen LogP contribution is -2.26. The van der Waals surface area contributed by atoms with Crippen LogP contribution in [0.4, 0.5) is 14.5 Å². The van der Waals surface area contributed by atoms with Crippen LogP contribution < -0.4 is 13.8 Å². The van der Waals surface area contributed by atoms with Gasteiger partial charge in [0.1, 0.15) is 11.6 Å². The molecule has 0 heterocycles. The summed E-state index contributed by atoms with van der Waals surface area (Å²) < 4.78 is 66.7. The van der Waals surface area contributed by atoms with Gasteiger partial charge in [0.2, 0.25) is 0 Å². The largest absolute Gasteiger partial charge is 0.493 e. The van der Waals surface area contributed by atoms with Crippen LogP contribution >= 0.6 is 11.6 Å². The molecule has 0 bridgehead atoms. The number of methoxy groups -OCH3 is 2. The second kappa shape index (κ2) is 9.58. The van der Waals surface area contributed by atoms with Crippen LogP contribution in [-0.2, 0) is 16.4 Å². The van der Waals surface area contributed by atoms with Gasteiger partial charge in [-0.1, -0.05) is 24.2 Å². The quantitative estimate of drug-likeness (QED) is 0.424. The van der Waals surface area contributed by atoms with E-state index in [2.05, 4.69) is 6.58 Å². The first kappa shape index (κ1) is 23.6. The van der Waals surface area contributed by atoms with Crippen LogP contribution in [0, 0.1) is 11.6 Å². The van der Waals surface area contributed by atoms with Gasteiger partial charge in [-0.15, -0.1) is 0 Å². The molecule has 0 aliphatic heterocycles. The minimum absolute atomic E-state index is 0.0898. The third-order valence-electron chi connectivity index (χ3n) is 4.79. The van der Waals surface area contributed by atoms with E-state index in [-0.39, 0.29) is 33.3 Å². The highest BCUT2D eigenvalue weighted by atomic mass is 35.5. The van der Waals surface area contributed by atoms with E-state index >= 15 is 0 Å². The molecule has 0 aliphatic carbocycles. The van der Waals surface area contributed by atoms with E-state index in [9.17, 15) is 17.2 Å². The first-order valence-corrected chi connectivity index (χ1v) is 11.1. The molecule has 0 fully saturated rings. The highest BCUT2D eigenvalue weighted by Gasteiger charge is 2.27. The maximum atomic E-state index is 14.3. The molecule has 9 heteroatoms. The molecule has 0 saturated carbocycles. The Morgan fingerprint density at radius 3 is 2.25 bits per heavy atom. The Morgan fingerprint density at radius 1 is 1.00 bits per heavy atom. The number of rotatable bonds is 8. The summed E-state index contributed by atoms with van der Waals surface area (Å²) in [6.45, 7) is 3.62. The maximum Gasteiger partial charge on any atom is 0.268 e. The van der Waals surface area contributed by atoms with E-state index in [4.69, 9.17) is 21.1 Å². The van der Waals surface area contributed by atoms with Crippen molar-refractivity contribution >= 4 is 27.3 Å². The molecule has 0 radical (unpaired) electrons. The summed E-state index contributed by atoms with van der Waals surface area (Å²) in [4.78, 5) is -0.0898. The number of sulfonamides is 1. The molecule has 0 spiro atoms. The molecular formula is C23H20ClF2NO4S. The molecule has 0 saturated heterocycles. The van der Waals surface area contributed by atoms with E-state index in [1.807, 2.05) is 0 Å². The number of halogens is 3. The van der Waals surface area contributed by atoms with Crippen molar-refractivity contribution in [1.29, 1.82) is 0 Å². The zero-order valence-electron chi connectivity index (χ0n) is 17.3. The fraction of sp³-hybridized carbons (Fsp3) is 0.130. The maximum absolute atomic E-state index is 14.3. The van der Waals surface area contributed by atoms with Crippen LogP contribution in [0.25, 0.3) is 0 Å². The van der Waals surface area contributed by atoms with Crippen molar-refractivity contribution < 1.29 is 26.7 Å². The fourth-order valence-corrected chi connectivity index (χ4v) is 4.77. The third-order valence-corrected chi connectivity index (χ3v) is 6.73. The van der Waals surface area contributed by atoms with Crippen LogP contribution in [0.3, 0.4) is 0 Å². The number of hydrogen-bond acceptors (Lipinski definition) is 4. The Morgan fingerprint density at radius 2 is 1.66 bits per heavy atom. The number of hydrogen-bond donors (Lipinski definition) is 0. The van der Waals surface area contributed by atoms with Gasteiger partial charge in [0.05, 0.1) is 24.8 Å². The zero-order valence-corrected chi connectivity index (χ0v) is 18.9. The molecule has 3 aromatic rings. The molecular weight excluding hydrogens is 460 g/mol. The van der Waals surface area contributed by atoms with Gasteiger partial charge >= 0.3 is 0 Å². The topological polar surface area (TPSA) is 55.8 Å². The van der Waals surface area contributed by atoms with Crippen molar-refractivity contribution in [2.45, 2.75) is 11.3 Å². The summed E-state index contributed by atoms with van der Waals surface area (Å²) in [5.74, 6) is -0.909. The summed E-state index contributed by atoms with van der Waals surface area (Å²) in [6.07, 6.45) is 0.886. The first-order valence-electron chi connectivity index (χ1n) is 9.33. The summed E-state index contributed by atoms with van der Waals surface area (Å²) in [5, 5.41) is 0.285. The smallest absolute Gasteiger partial charge is 0.268 e. The molecule has 0 unspecified atom stereocenters. The number of ether oxygens (including phenoxy) is 2. The molecule has 3 rings (SSSR count). The van der Waals surface area contributed by atoms with Gasteiger partial charge in [0, 0.05) is 29.3 Å². The number of anilines is 1. The monoisotopic (exact) mass is 479 g/mol. The average Bonchev–Trinajstić information content (AvgIpc) is 2.77. The van der Waals surface area contributed by atoms with E-state index in [1.54, 1.807) is 0 Å². The fourth-order valence-electron chi connectivity index (χ4n) is 3.22. The van der Waals surface area contributed by atoms with E-state index in [0.29, 0.717) is 11.3 Å². The Hall–Kier alpha value is -3.10. The molecule has 0 amide bonds. The molecule has 0 aliphatic rings. The standard InChI is InChI=1S/C23H20ClF2NO4S/c1-4-27(32(28,29)17-9-11-22(30-2)23(14-17)31-3)21-10-8-16(24)12-15(21)13-18-19(25)6-5-7-20(18)26/h4-12,14H,1,13H2,2-3H3. The van der Waals surface area contributed by atoms with Crippen LogP contribution in [0.2, 0.25) is 5.02 Å². The SMILES string of the molecule is C=CN(c1ccc(Cl)cc1Cc1c(F)cccc1F)S(=O)(=O)c1ccc(OC)c(OC)c1. The van der Waals surface area contributed by atoms with Gasteiger partial charge in [-0.25, -0.2) is 21.5 Å². The number of benzene rings is 3. The van der Waals surface area contributed by atoms with Crippen molar-refractivity contribution in [1.82, 2.24) is 0 Å².